The molecule has 2 fully saturated rings. The van der Waals surface area contributed by atoms with E-state index in [4.69, 9.17) is 9.57 Å². The van der Waals surface area contributed by atoms with E-state index in [1.165, 1.54) is 24.1 Å². The number of likely N-dealkylation sites (tertiary alicyclic amines) is 1. The van der Waals surface area contributed by atoms with E-state index in [9.17, 15) is 14.3 Å². The molecule has 2 saturated heterocycles. The molecular weight excluding hydrogens is 315 g/mol. The van der Waals surface area contributed by atoms with Crippen LogP contribution in [0, 0.1) is 5.82 Å². The number of nitrogens with zero attached hydrogens (tertiary/aromatic N) is 2. The van der Waals surface area contributed by atoms with Gasteiger partial charge in [0, 0.05) is 25.2 Å². The van der Waals surface area contributed by atoms with Crippen LogP contribution in [0.3, 0.4) is 0 Å². The number of hydrogen-bond acceptors (Lipinski definition) is 5. The first kappa shape index (κ1) is 17.1. The molecule has 3 rings (SSSR count). The summed E-state index contributed by atoms with van der Waals surface area (Å²) in [6, 6.07) is 4.45. The number of aliphatic hydroxyl groups is 1. The largest absolute Gasteiger partial charge is 0.497 e. The zero-order valence-electron chi connectivity index (χ0n) is 13.8. The zero-order valence-corrected chi connectivity index (χ0v) is 13.8. The Morgan fingerprint density at radius 3 is 2.92 bits per heavy atom. The van der Waals surface area contributed by atoms with Crippen LogP contribution in [0.2, 0.25) is 0 Å². The van der Waals surface area contributed by atoms with Gasteiger partial charge in [0.15, 0.2) is 5.60 Å². The molecule has 0 aliphatic carbocycles. The average Bonchev–Trinajstić information content (AvgIpc) is 3.06. The molecule has 7 heteroatoms. The molecule has 0 unspecified atom stereocenters. The molecule has 1 atom stereocenters. The molecule has 2 aliphatic rings. The summed E-state index contributed by atoms with van der Waals surface area (Å²) in [5.74, 6) is -0.219. The molecule has 1 N–H and O–H groups in total. The van der Waals surface area contributed by atoms with Crippen LogP contribution in [0.25, 0.3) is 0 Å². The van der Waals surface area contributed by atoms with Crippen LogP contribution < -0.4 is 4.74 Å². The highest BCUT2D eigenvalue weighted by molar-refractivity contribution is 5.86. The molecule has 24 heavy (non-hydrogen) atoms. The van der Waals surface area contributed by atoms with Crippen molar-refractivity contribution in [3.63, 3.8) is 0 Å². The van der Waals surface area contributed by atoms with Gasteiger partial charge in [0.05, 0.1) is 20.3 Å². The molecule has 0 bridgehead atoms. The van der Waals surface area contributed by atoms with E-state index >= 15 is 0 Å². The Bertz CT molecular complexity index is 606. The minimum Gasteiger partial charge on any atom is -0.497 e. The fourth-order valence-corrected chi connectivity index (χ4v) is 3.28. The summed E-state index contributed by atoms with van der Waals surface area (Å²) >= 11 is 0. The van der Waals surface area contributed by atoms with Crippen molar-refractivity contribution >= 4 is 5.91 Å². The van der Waals surface area contributed by atoms with E-state index in [1.54, 1.807) is 11.1 Å². The molecule has 2 heterocycles. The molecule has 2 aliphatic heterocycles. The molecular formula is C17H23FN2O4. The molecule has 0 spiro atoms. The van der Waals surface area contributed by atoms with Crippen molar-refractivity contribution in [2.45, 2.75) is 31.4 Å². The SMILES string of the molecule is COc1ccc(F)c(CN2CCC[C@](O)(CN3CCCO3)C2=O)c1. The first-order chi connectivity index (χ1) is 11.5. The molecule has 132 valence electrons. The van der Waals surface area contributed by atoms with Gasteiger partial charge >= 0.3 is 0 Å². The zero-order chi connectivity index (χ0) is 17.2. The van der Waals surface area contributed by atoms with Crippen molar-refractivity contribution in [1.29, 1.82) is 0 Å². The number of β-amino-alcohol motifs (C(OH)–C–C–N with tert-alkyl or cyclic N) is 1. The number of benzene rings is 1. The summed E-state index contributed by atoms with van der Waals surface area (Å²) in [5, 5.41) is 12.4. The van der Waals surface area contributed by atoms with Crippen LogP contribution in [-0.2, 0) is 16.2 Å². The molecule has 6 nitrogen and oxygen atoms in total. The monoisotopic (exact) mass is 338 g/mol. The lowest BCUT2D eigenvalue weighted by Crippen LogP contribution is -2.57. The summed E-state index contributed by atoms with van der Waals surface area (Å²) in [7, 11) is 1.51. The van der Waals surface area contributed by atoms with Gasteiger partial charge in [-0.05, 0) is 37.5 Å². The van der Waals surface area contributed by atoms with Gasteiger partial charge in [-0.3, -0.25) is 9.63 Å². The highest BCUT2D eigenvalue weighted by Crippen LogP contribution is 2.27. The lowest BCUT2D eigenvalue weighted by molar-refractivity contribution is -0.182. The summed E-state index contributed by atoms with van der Waals surface area (Å²) in [4.78, 5) is 19.7. The third-order valence-electron chi connectivity index (χ3n) is 4.58. The Labute approximate surface area is 140 Å². The number of hydrogen-bond donors (Lipinski definition) is 1. The molecule has 0 radical (unpaired) electrons. The van der Waals surface area contributed by atoms with E-state index in [2.05, 4.69) is 0 Å². The van der Waals surface area contributed by atoms with Gasteiger partial charge in [0.2, 0.25) is 0 Å². The molecule has 0 aromatic heterocycles. The highest BCUT2D eigenvalue weighted by atomic mass is 19.1. The maximum Gasteiger partial charge on any atom is 0.256 e. The van der Waals surface area contributed by atoms with Crippen molar-refractivity contribution in [2.75, 3.05) is 33.4 Å². The summed E-state index contributed by atoms with van der Waals surface area (Å²) in [6.07, 6.45) is 1.95. The molecule has 1 amide bonds. The number of halogens is 1. The van der Waals surface area contributed by atoms with Gasteiger partial charge in [-0.15, -0.1) is 0 Å². The van der Waals surface area contributed by atoms with Gasteiger partial charge in [-0.25, -0.2) is 4.39 Å². The first-order valence-electron chi connectivity index (χ1n) is 8.24. The Balaban J connectivity index is 1.72. The Kier molecular flexibility index (Phi) is 5.03. The fourth-order valence-electron chi connectivity index (χ4n) is 3.28. The van der Waals surface area contributed by atoms with Crippen LogP contribution in [0.1, 0.15) is 24.8 Å². The van der Waals surface area contributed by atoms with E-state index in [-0.39, 0.29) is 24.8 Å². The third kappa shape index (κ3) is 3.53. The van der Waals surface area contributed by atoms with Crippen LogP contribution in [0.5, 0.6) is 5.75 Å². The van der Waals surface area contributed by atoms with Gasteiger partial charge in [-0.1, -0.05) is 0 Å². The summed E-state index contributed by atoms with van der Waals surface area (Å²) < 4.78 is 19.1. The number of methoxy groups -OCH3 is 1. The molecule has 1 aromatic carbocycles. The number of hydroxylamine groups is 2. The lowest BCUT2D eigenvalue weighted by atomic mass is 9.91. The number of carbonyl (C=O) groups is 1. The van der Waals surface area contributed by atoms with Gasteiger partial charge in [0.1, 0.15) is 11.6 Å². The van der Waals surface area contributed by atoms with Crippen molar-refractivity contribution in [1.82, 2.24) is 9.96 Å². The van der Waals surface area contributed by atoms with E-state index in [1.807, 2.05) is 0 Å². The highest BCUT2D eigenvalue weighted by Gasteiger charge is 2.44. The molecule has 0 saturated carbocycles. The van der Waals surface area contributed by atoms with E-state index < -0.39 is 5.60 Å². The average molecular weight is 338 g/mol. The van der Waals surface area contributed by atoms with E-state index in [0.29, 0.717) is 43.9 Å². The first-order valence-corrected chi connectivity index (χ1v) is 8.24. The van der Waals surface area contributed by atoms with Crippen LogP contribution in [0.15, 0.2) is 18.2 Å². The maximum atomic E-state index is 14.0. The van der Waals surface area contributed by atoms with Crippen molar-refractivity contribution in [3.05, 3.63) is 29.6 Å². The van der Waals surface area contributed by atoms with Gasteiger partial charge in [-0.2, -0.15) is 5.06 Å². The van der Waals surface area contributed by atoms with Crippen LogP contribution in [0.4, 0.5) is 4.39 Å². The van der Waals surface area contributed by atoms with Gasteiger partial charge < -0.3 is 14.7 Å². The second-order valence-electron chi connectivity index (χ2n) is 6.37. The predicted molar refractivity (Wildman–Crippen MR) is 84.7 cm³/mol. The number of rotatable bonds is 5. The second kappa shape index (κ2) is 7.04. The van der Waals surface area contributed by atoms with E-state index in [0.717, 1.165) is 6.42 Å². The smallest absolute Gasteiger partial charge is 0.256 e. The summed E-state index contributed by atoms with van der Waals surface area (Å²) in [5.41, 5.74) is -1.10. The second-order valence-corrected chi connectivity index (χ2v) is 6.37. The minimum atomic E-state index is -1.47. The van der Waals surface area contributed by atoms with Crippen LogP contribution in [-0.4, -0.2) is 59.9 Å². The van der Waals surface area contributed by atoms with Crippen molar-refractivity contribution in [3.8, 4) is 5.75 Å². The Hall–Kier alpha value is -1.70. The standard InChI is InChI=1S/C17H23FN2O4/c1-23-14-4-5-15(18)13(10-14)11-19-7-2-6-17(22,16(19)21)12-20-8-3-9-24-20/h4-5,10,22H,2-3,6-9,11-12H2,1H3/t17-/m0/s1. The Morgan fingerprint density at radius 2 is 2.21 bits per heavy atom. The van der Waals surface area contributed by atoms with Crippen LogP contribution >= 0.6 is 0 Å². The number of piperidine rings is 1. The number of ether oxygens (including phenoxy) is 1. The van der Waals surface area contributed by atoms with Crippen molar-refractivity contribution in [2.24, 2.45) is 0 Å². The lowest BCUT2D eigenvalue weighted by Gasteiger charge is -2.39. The third-order valence-corrected chi connectivity index (χ3v) is 4.58. The summed E-state index contributed by atoms with van der Waals surface area (Å²) in [6.45, 7) is 2.09. The van der Waals surface area contributed by atoms with Gasteiger partial charge in [0.25, 0.3) is 5.91 Å². The predicted octanol–water partition coefficient (Wildman–Crippen LogP) is 1.33. The minimum absolute atomic E-state index is 0.116. The quantitative estimate of drug-likeness (QED) is 0.877. The number of carbonyl (C=O) groups excluding carboxylic acids is 1. The fraction of sp³-hybridized carbons (Fsp3) is 0.588. The topological polar surface area (TPSA) is 62.2 Å². The maximum absolute atomic E-state index is 14.0. The normalized spacial score (nSPS) is 25.3. The van der Waals surface area contributed by atoms with Crippen molar-refractivity contribution < 1.29 is 23.9 Å². The number of amides is 1. The molecule has 1 aromatic rings. The Morgan fingerprint density at radius 1 is 1.38 bits per heavy atom.